The number of carboxylic acid groups (broad SMARTS) is 1. The van der Waals surface area contributed by atoms with Gasteiger partial charge in [0.25, 0.3) is 5.91 Å². The lowest BCUT2D eigenvalue weighted by Crippen LogP contribution is -2.36. The Morgan fingerprint density at radius 2 is 1.66 bits per heavy atom. The van der Waals surface area contributed by atoms with Crippen molar-refractivity contribution >= 4 is 22.6 Å². The summed E-state index contributed by atoms with van der Waals surface area (Å²) in [6.45, 7) is 0.975. The van der Waals surface area contributed by atoms with Gasteiger partial charge in [-0.25, -0.2) is 0 Å². The van der Waals surface area contributed by atoms with Crippen LogP contribution < -0.4 is 0 Å². The molecule has 4 heteroatoms. The van der Waals surface area contributed by atoms with E-state index in [2.05, 4.69) is 0 Å². The molecule has 0 aliphatic carbocycles. The van der Waals surface area contributed by atoms with Crippen molar-refractivity contribution in [3.63, 3.8) is 0 Å². The number of carbonyl (C=O) groups excluding carboxylic acids is 1. The third-order valence-electron chi connectivity index (χ3n) is 5.58. The molecule has 3 aromatic carbocycles. The summed E-state index contributed by atoms with van der Waals surface area (Å²) in [6.07, 6.45) is 2.98. The molecule has 1 aliphatic heterocycles. The lowest BCUT2D eigenvalue weighted by molar-refractivity contribution is -0.140. The second-order valence-corrected chi connectivity index (χ2v) is 7.39. The molecule has 1 aliphatic rings. The first-order chi connectivity index (χ1) is 14.1. The van der Waals surface area contributed by atoms with Gasteiger partial charge in [-0.3, -0.25) is 9.59 Å². The van der Waals surface area contributed by atoms with Crippen LogP contribution in [0.2, 0.25) is 0 Å². The van der Waals surface area contributed by atoms with E-state index in [0.29, 0.717) is 31.5 Å². The predicted molar refractivity (Wildman–Crippen MR) is 114 cm³/mol. The Morgan fingerprint density at radius 1 is 0.931 bits per heavy atom. The summed E-state index contributed by atoms with van der Waals surface area (Å²) in [5, 5.41) is 11.7. The molecule has 1 unspecified atom stereocenters. The summed E-state index contributed by atoms with van der Waals surface area (Å²) in [4.78, 5) is 26.8. The van der Waals surface area contributed by atoms with Crippen LogP contribution in [0.15, 0.2) is 84.4 Å². The molecule has 0 bridgehead atoms. The van der Waals surface area contributed by atoms with Gasteiger partial charge in [0.1, 0.15) is 0 Å². The molecular formula is C25H23NO3. The van der Waals surface area contributed by atoms with E-state index in [1.54, 1.807) is 4.90 Å². The molecule has 146 valence electrons. The predicted octanol–water partition coefficient (Wildman–Crippen LogP) is 4.56. The van der Waals surface area contributed by atoms with E-state index in [1.807, 2.05) is 78.9 Å². The van der Waals surface area contributed by atoms with Crippen LogP contribution in [0.3, 0.4) is 0 Å². The van der Waals surface area contributed by atoms with Gasteiger partial charge in [-0.05, 0) is 35.2 Å². The normalized spacial score (nSPS) is 15.0. The number of amides is 1. The van der Waals surface area contributed by atoms with Crippen molar-refractivity contribution < 1.29 is 14.7 Å². The minimum atomic E-state index is -0.811. The Bertz CT molecular complexity index is 1070. The number of aliphatic carboxylic acids is 1. The third kappa shape index (κ3) is 4.06. The maximum atomic E-state index is 13.1. The van der Waals surface area contributed by atoms with E-state index < -0.39 is 11.9 Å². The number of carboxylic acids is 1. The molecular weight excluding hydrogens is 362 g/mol. The quantitative estimate of drug-likeness (QED) is 0.655. The van der Waals surface area contributed by atoms with Crippen LogP contribution in [-0.2, 0) is 11.2 Å². The Labute approximate surface area is 170 Å². The zero-order valence-corrected chi connectivity index (χ0v) is 16.1. The van der Waals surface area contributed by atoms with Gasteiger partial charge in [0, 0.05) is 18.7 Å². The van der Waals surface area contributed by atoms with Crippen molar-refractivity contribution in [3.8, 4) is 0 Å². The maximum Gasteiger partial charge on any atom is 0.310 e. The summed E-state index contributed by atoms with van der Waals surface area (Å²) < 4.78 is 0. The van der Waals surface area contributed by atoms with Crippen molar-refractivity contribution in [3.05, 3.63) is 95.6 Å². The molecule has 0 radical (unpaired) electrons. The number of hydrogen-bond acceptors (Lipinski definition) is 2. The molecule has 1 N–H and O–H groups in total. The summed E-state index contributed by atoms with van der Waals surface area (Å²) in [6, 6.07) is 23.3. The molecule has 1 amide bonds. The number of hydrogen-bond donors (Lipinski definition) is 1. The van der Waals surface area contributed by atoms with E-state index in [-0.39, 0.29) is 5.91 Å². The standard InChI is InChI=1S/C25H23NO3/c27-24(22-12-6-10-19-9-4-5-11-21(19)22)26-15-13-20(14-16-26)23(25(28)29)17-18-7-2-1-3-8-18/h1-13,23H,14-17H2,(H,28,29). The fraction of sp³-hybridized carbons (Fsp3) is 0.200. The van der Waals surface area contributed by atoms with Gasteiger partial charge in [0.15, 0.2) is 0 Å². The Kier molecular flexibility index (Phi) is 5.43. The first-order valence-corrected chi connectivity index (χ1v) is 9.86. The molecule has 4 nitrogen and oxygen atoms in total. The monoisotopic (exact) mass is 385 g/mol. The zero-order chi connectivity index (χ0) is 20.2. The highest BCUT2D eigenvalue weighted by atomic mass is 16.4. The minimum absolute atomic E-state index is 0.00738. The average molecular weight is 385 g/mol. The highest BCUT2D eigenvalue weighted by molar-refractivity contribution is 6.07. The molecule has 3 aromatic rings. The molecule has 1 heterocycles. The Morgan fingerprint density at radius 3 is 2.38 bits per heavy atom. The number of rotatable bonds is 5. The van der Waals surface area contributed by atoms with Crippen molar-refractivity contribution in [1.29, 1.82) is 0 Å². The van der Waals surface area contributed by atoms with Crippen LogP contribution in [0, 0.1) is 5.92 Å². The highest BCUT2D eigenvalue weighted by Crippen LogP contribution is 2.26. The zero-order valence-electron chi connectivity index (χ0n) is 16.1. The minimum Gasteiger partial charge on any atom is -0.481 e. The van der Waals surface area contributed by atoms with E-state index in [4.69, 9.17) is 0 Å². The largest absolute Gasteiger partial charge is 0.481 e. The number of nitrogens with zero attached hydrogens (tertiary/aromatic N) is 1. The molecule has 0 spiro atoms. The van der Waals surface area contributed by atoms with Gasteiger partial charge < -0.3 is 10.0 Å². The van der Waals surface area contributed by atoms with E-state index in [1.165, 1.54) is 0 Å². The molecule has 29 heavy (non-hydrogen) atoms. The maximum absolute atomic E-state index is 13.1. The molecule has 1 atom stereocenters. The van der Waals surface area contributed by atoms with Crippen LogP contribution in [0.1, 0.15) is 22.3 Å². The van der Waals surface area contributed by atoms with Crippen LogP contribution in [0.5, 0.6) is 0 Å². The summed E-state index contributed by atoms with van der Waals surface area (Å²) >= 11 is 0. The lowest BCUT2D eigenvalue weighted by atomic mass is 9.88. The van der Waals surface area contributed by atoms with Gasteiger partial charge >= 0.3 is 5.97 Å². The van der Waals surface area contributed by atoms with Gasteiger partial charge in [-0.1, -0.05) is 78.4 Å². The fourth-order valence-electron chi connectivity index (χ4n) is 3.99. The molecule has 0 fully saturated rings. The van der Waals surface area contributed by atoms with Gasteiger partial charge in [-0.2, -0.15) is 0 Å². The third-order valence-corrected chi connectivity index (χ3v) is 5.58. The van der Waals surface area contributed by atoms with Crippen LogP contribution in [0.25, 0.3) is 10.8 Å². The second-order valence-electron chi connectivity index (χ2n) is 7.39. The lowest BCUT2D eigenvalue weighted by Gasteiger charge is -2.29. The van der Waals surface area contributed by atoms with Crippen LogP contribution >= 0.6 is 0 Å². The number of fused-ring (bicyclic) bond motifs is 1. The van der Waals surface area contributed by atoms with Crippen molar-refractivity contribution in [2.24, 2.45) is 5.92 Å². The molecule has 0 saturated heterocycles. The Hall–Kier alpha value is -3.40. The van der Waals surface area contributed by atoms with E-state index in [9.17, 15) is 14.7 Å². The van der Waals surface area contributed by atoms with E-state index >= 15 is 0 Å². The Balaban J connectivity index is 1.52. The van der Waals surface area contributed by atoms with Crippen LogP contribution in [0.4, 0.5) is 0 Å². The topological polar surface area (TPSA) is 57.6 Å². The average Bonchev–Trinajstić information content (AvgIpc) is 2.77. The molecule has 0 aromatic heterocycles. The summed E-state index contributed by atoms with van der Waals surface area (Å²) in [5.74, 6) is -1.37. The number of carbonyl (C=O) groups is 2. The molecule has 0 saturated carbocycles. The fourth-order valence-corrected chi connectivity index (χ4v) is 3.99. The van der Waals surface area contributed by atoms with Crippen LogP contribution in [-0.4, -0.2) is 35.0 Å². The number of benzene rings is 3. The van der Waals surface area contributed by atoms with E-state index in [0.717, 1.165) is 21.9 Å². The van der Waals surface area contributed by atoms with Crippen molar-refractivity contribution in [1.82, 2.24) is 4.90 Å². The second kappa shape index (κ2) is 8.31. The van der Waals surface area contributed by atoms with Gasteiger partial charge in [-0.15, -0.1) is 0 Å². The van der Waals surface area contributed by atoms with Gasteiger partial charge in [0.05, 0.1) is 5.92 Å². The summed E-state index contributed by atoms with van der Waals surface area (Å²) in [7, 11) is 0. The first kappa shape index (κ1) is 18.9. The van der Waals surface area contributed by atoms with Crippen molar-refractivity contribution in [2.45, 2.75) is 12.8 Å². The highest BCUT2D eigenvalue weighted by Gasteiger charge is 2.27. The first-order valence-electron chi connectivity index (χ1n) is 9.86. The van der Waals surface area contributed by atoms with Crippen molar-refractivity contribution in [2.75, 3.05) is 13.1 Å². The summed E-state index contributed by atoms with van der Waals surface area (Å²) in [5.41, 5.74) is 2.61. The molecule has 4 rings (SSSR count). The SMILES string of the molecule is O=C(O)C(Cc1ccccc1)C1=CCN(C(=O)c2cccc3ccccc23)CC1. The van der Waals surface area contributed by atoms with Gasteiger partial charge in [0.2, 0.25) is 0 Å². The smallest absolute Gasteiger partial charge is 0.310 e.